The monoisotopic (exact) mass is 353 g/mol. The van der Waals surface area contributed by atoms with Gasteiger partial charge in [0.15, 0.2) is 0 Å². The summed E-state index contributed by atoms with van der Waals surface area (Å²) < 4.78 is 1.00. The van der Waals surface area contributed by atoms with Crippen LogP contribution in [-0.4, -0.2) is 23.0 Å². The molecular weight excluding hydrogens is 341 g/mol. The van der Waals surface area contributed by atoms with Crippen molar-refractivity contribution in [2.24, 2.45) is 0 Å². The highest BCUT2D eigenvalue weighted by Crippen LogP contribution is 2.16. The minimum atomic E-state index is -0.986. The number of thiophene rings is 1. The lowest BCUT2D eigenvalue weighted by atomic mass is 10.1. The molecule has 1 aromatic heterocycles. The molecule has 1 heterocycles. The fourth-order valence-electron chi connectivity index (χ4n) is 1.22. The molecule has 0 aliphatic carbocycles. The third-order valence-corrected chi connectivity index (χ3v) is 3.80. The predicted octanol–water partition coefficient (Wildman–Crippen LogP) is 2.34. The molecule has 1 amide bonds. The Labute approximate surface area is 111 Å². The Morgan fingerprint density at radius 2 is 2.31 bits per heavy atom. The van der Waals surface area contributed by atoms with Crippen molar-refractivity contribution in [3.63, 3.8) is 0 Å². The molecule has 1 unspecified atom stereocenters. The number of halogens is 1. The molecule has 0 fully saturated rings. The molecule has 0 saturated carbocycles. The van der Waals surface area contributed by atoms with E-state index in [1.54, 1.807) is 11.4 Å². The number of amides is 1. The van der Waals surface area contributed by atoms with Crippen molar-refractivity contribution in [3.05, 3.63) is 19.9 Å². The van der Waals surface area contributed by atoms with Crippen molar-refractivity contribution in [2.45, 2.75) is 25.8 Å². The molecule has 88 valence electrons. The second-order valence-electron chi connectivity index (χ2n) is 3.29. The molecule has 1 atom stereocenters. The minimum Gasteiger partial charge on any atom is -0.480 e. The van der Waals surface area contributed by atoms with Gasteiger partial charge in [-0.3, -0.25) is 4.79 Å². The first-order chi connectivity index (χ1) is 7.54. The summed E-state index contributed by atoms with van der Waals surface area (Å²) in [7, 11) is 0. The molecule has 0 spiro atoms. The van der Waals surface area contributed by atoms with Gasteiger partial charge in [-0.2, -0.15) is 0 Å². The van der Waals surface area contributed by atoms with E-state index in [4.69, 9.17) is 5.11 Å². The number of carbonyl (C=O) groups is 2. The molecule has 0 aliphatic heterocycles. The lowest BCUT2D eigenvalue weighted by Crippen LogP contribution is -2.40. The average molecular weight is 353 g/mol. The van der Waals surface area contributed by atoms with Crippen LogP contribution in [0.15, 0.2) is 11.4 Å². The van der Waals surface area contributed by atoms with E-state index >= 15 is 0 Å². The van der Waals surface area contributed by atoms with Crippen molar-refractivity contribution < 1.29 is 14.7 Å². The van der Waals surface area contributed by atoms with E-state index in [1.165, 1.54) is 11.3 Å². The predicted molar refractivity (Wildman–Crippen MR) is 70.8 cm³/mol. The molecule has 0 aliphatic rings. The number of carboxylic acids is 1. The molecule has 0 aromatic carbocycles. The Hall–Kier alpha value is -0.630. The molecule has 4 nitrogen and oxygen atoms in total. The number of carboxylic acid groups (broad SMARTS) is 1. The zero-order chi connectivity index (χ0) is 12.1. The van der Waals surface area contributed by atoms with Gasteiger partial charge in [-0.05, 0) is 35.1 Å². The van der Waals surface area contributed by atoms with Gasteiger partial charge in [-0.15, -0.1) is 11.3 Å². The van der Waals surface area contributed by atoms with Crippen LogP contribution in [0.4, 0.5) is 0 Å². The molecule has 1 rings (SSSR count). The molecule has 16 heavy (non-hydrogen) atoms. The maximum atomic E-state index is 11.7. The number of hydrogen-bond donors (Lipinski definition) is 2. The van der Waals surface area contributed by atoms with E-state index in [0.29, 0.717) is 12.0 Å². The lowest BCUT2D eigenvalue weighted by Gasteiger charge is -2.12. The third kappa shape index (κ3) is 3.75. The summed E-state index contributed by atoms with van der Waals surface area (Å²) in [5.74, 6) is -1.31. The van der Waals surface area contributed by atoms with Crippen LogP contribution in [0.2, 0.25) is 0 Å². The summed E-state index contributed by atoms with van der Waals surface area (Å²) >= 11 is 3.58. The third-order valence-electron chi connectivity index (χ3n) is 2.01. The molecular formula is C10H12INO3S. The van der Waals surface area contributed by atoms with Crippen LogP contribution in [0, 0.1) is 2.88 Å². The fraction of sp³-hybridized carbons (Fsp3) is 0.400. The van der Waals surface area contributed by atoms with Gasteiger partial charge in [0.25, 0.3) is 5.91 Å². The van der Waals surface area contributed by atoms with E-state index in [0.717, 1.165) is 9.30 Å². The largest absolute Gasteiger partial charge is 0.480 e. The summed E-state index contributed by atoms with van der Waals surface area (Å²) in [6, 6.07) is 0.945. The molecule has 1 aromatic rings. The van der Waals surface area contributed by atoms with Crippen molar-refractivity contribution in [2.75, 3.05) is 0 Å². The van der Waals surface area contributed by atoms with Crippen LogP contribution in [-0.2, 0) is 4.79 Å². The summed E-state index contributed by atoms with van der Waals surface area (Å²) in [5, 5.41) is 13.1. The Kier molecular flexibility index (Phi) is 5.20. The Morgan fingerprint density at radius 1 is 1.62 bits per heavy atom. The summed E-state index contributed by atoms with van der Waals surface area (Å²) in [6.07, 6.45) is 1.17. The van der Waals surface area contributed by atoms with E-state index < -0.39 is 12.0 Å². The second-order valence-corrected chi connectivity index (χ2v) is 6.10. The maximum Gasteiger partial charge on any atom is 0.326 e. The van der Waals surface area contributed by atoms with Crippen LogP contribution in [0.3, 0.4) is 0 Å². The smallest absolute Gasteiger partial charge is 0.326 e. The Balaban J connectivity index is 2.65. The highest BCUT2D eigenvalue weighted by molar-refractivity contribution is 14.1. The molecule has 0 saturated heterocycles. The van der Waals surface area contributed by atoms with Crippen molar-refractivity contribution in [1.29, 1.82) is 0 Å². The van der Waals surface area contributed by atoms with Crippen molar-refractivity contribution in [1.82, 2.24) is 5.32 Å². The van der Waals surface area contributed by atoms with Crippen LogP contribution in [0.1, 0.15) is 30.1 Å². The Bertz CT molecular complexity index is 391. The molecule has 2 N–H and O–H groups in total. The second kappa shape index (κ2) is 6.19. The lowest BCUT2D eigenvalue weighted by molar-refractivity contribution is -0.139. The summed E-state index contributed by atoms with van der Waals surface area (Å²) in [6.45, 7) is 1.88. The molecule has 0 radical (unpaired) electrons. The summed E-state index contributed by atoms with van der Waals surface area (Å²) in [5.41, 5.74) is 0.525. The van der Waals surface area contributed by atoms with Crippen LogP contribution in [0.5, 0.6) is 0 Å². The van der Waals surface area contributed by atoms with E-state index in [1.807, 2.05) is 6.92 Å². The first-order valence-corrected chi connectivity index (χ1v) is 6.78. The number of hydrogen-bond acceptors (Lipinski definition) is 3. The zero-order valence-corrected chi connectivity index (χ0v) is 11.7. The highest BCUT2D eigenvalue weighted by atomic mass is 127. The summed E-state index contributed by atoms with van der Waals surface area (Å²) in [4.78, 5) is 22.5. The standard InChI is InChI=1S/C10H12INO3S/c1-2-3-7(10(14)15)12-9(13)6-4-8(11)16-5-6/h4-5,7H,2-3H2,1H3,(H,12,13)(H,14,15). The first-order valence-electron chi connectivity index (χ1n) is 4.82. The normalized spacial score (nSPS) is 12.1. The number of rotatable bonds is 5. The van der Waals surface area contributed by atoms with Gasteiger partial charge >= 0.3 is 5.97 Å². The van der Waals surface area contributed by atoms with Gasteiger partial charge in [0.05, 0.1) is 8.45 Å². The number of nitrogens with one attached hydrogen (secondary N) is 1. The quantitative estimate of drug-likeness (QED) is 0.799. The SMILES string of the molecule is CCCC(NC(=O)c1csc(I)c1)C(=O)O. The van der Waals surface area contributed by atoms with Gasteiger partial charge in [0.1, 0.15) is 6.04 Å². The van der Waals surface area contributed by atoms with E-state index in [2.05, 4.69) is 27.9 Å². The van der Waals surface area contributed by atoms with Gasteiger partial charge in [-0.25, -0.2) is 4.79 Å². The van der Waals surface area contributed by atoms with Crippen molar-refractivity contribution in [3.8, 4) is 0 Å². The minimum absolute atomic E-state index is 0.319. The zero-order valence-electron chi connectivity index (χ0n) is 8.70. The van der Waals surface area contributed by atoms with Crippen LogP contribution in [0.25, 0.3) is 0 Å². The maximum absolute atomic E-state index is 11.7. The topological polar surface area (TPSA) is 66.4 Å². The number of carbonyl (C=O) groups excluding carboxylic acids is 1. The van der Waals surface area contributed by atoms with Crippen LogP contribution >= 0.6 is 33.9 Å². The number of aliphatic carboxylic acids is 1. The Morgan fingerprint density at radius 3 is 2.75 bits per heavy atom. The van der Waals surface area contributed by atoms with E-state index in [9.17, 15) is 9.59 Å². The van der Waals surface area contributed by atoms with Gasteiger partial charge in [-0.1, -0.05) is 13.3 Å². The highest BCUT2D eigenvalue weighted by Gasteiger charge is 2.19. The van der Waals surface area contributed by atoms with Gasteiger partial charge in [0.2, 0.25) is 0 Å². The molecule has 0 bridgehead atoms. The van der Waals surface area contributed by atoms with Crippen LogP contribution < -0.4 is 5.32 Å². The fourth-order valence-corrected chi connectivity index (χ4v) is 2.54. The van der Waals surface area contributed by atoms with E-state index in [-0.39, 0.29) is 5.91 Å². The molecule has 6 heteroatoms. The first kappa shape index (κ1) is 13.4. The average Bonchev–Trinajstić information content (AvgIpc) is 2.64. The van der Waals surface area contributed by atoms with Crippen molar-refractivity contribution >= 4 is 45.8 Å². The van der Waals surface area contributed by atoms with Gasteiger partial charge < -0.3 is 10.4 Å². The van der Waals surface area contributed by atoms with Gasteiger partial charge in [0, 0.05) is 5.38 Å².